The van der Waals surface area contributed by atoms with Gasteiger partial charge >= 0.3 is 0 Å². The van der Waals surface area contributed by atoms with Gasteiger partial charge in [0.2, 0.25) is 17.7 Å². The van der Waals surface area contributed by atoms with E-state index in [2.05, 4.69) is 10.6 Å². The summed E-state index contributed by atoms with van der Waals surface area (Å²) in [6, 6.07) is 11.2. The number of hydrogen-bond acceptors (Lipinski definition) is 4. The van der Waals surface area contributed by atoms with E-state index in [9.17, 15) is 19.2 Å². The largest absolute Gasteiger partial charge is 0.370 e. The number of primary amides is 1. The average molecular weight is 467 g/mol. The first-order valence-corrected chi connectivity index (χ1v) is 11.3. The number of amides is 3. The molecule has 8 heteroatoms. The van der Waals surface area contributed by atoms with E-state index in [0.29, 0.717) is 6.42 Å². The fraction of sp³-hybridized carbons (Fsp3) is 0.385. The molecule has 0 bridgehead atoms. The van der Waals surface area contributed by atoms with Crippen LogP contribution in [0.15, 0.2) is 65.6 Å². The Kier molecular flexibility index (Phi) is 9.36. The van der Waals surface area contributed by atoms with Crippen LogP contribution in [0, 0.1) is 5.41 Å². The van der Waals surface area contributed by atoms with E-state index in [0.717, 1.165) is 5.56 Å². The van der Waals surface area contributed by atoms with E-state index in [1.807, 2.05) is 37.3 Å². The van der Waals surface area contributed by atoms with Crippen molar-refractivity contribution in [3.8, 4) is 0 Å². The number of nitrogens with one attached hydrogen (secondary N) is 2. The summed E-state index contributed by atoms with van der Waals surface area (Å²) in [6.07, 6.45) is 5.83. The molecule has 2 atom stereocenters. The van der Waals surface area contributed by atoms with Crippen LogP contribution in [0.2, 0.25) is 0 Å². The molecule has 0 saturated carbocycles. The molecule has 0 radical (unpaired) electrons. The predicted octanol–water partition coefficient (Wildman–Crippen LogP) is 2.94. The lowest BCUT2D eigenvalue weighted by atomic mass is 9.95. The molecular formula is C26H34N4O4. The van der Waals surface area contributed by atoms with Gasteiger partial charge in [0.05, 0.1) is 0 Å². The Morgan fingerprint density at radius 1 is 1.09 bits per heavy atom. The second-order valence-electron chi connectivity index (χ2n) is 9.19. The van der Waals surface area contributed by atoms with Crippen LogP contribution in [-0.4, -0.2) is 28.3 Å². The summed E-state index contributed by atoms with van der Waals surface area (Å²) in [6.45, 7) is 7.07. The Labute approximate surface area is 200 Å². The normalized spacial score (nSPS) is 13.3. The van der Waals surface area contributed by atoms with Gasteiger partial charge < -0.3 is 20.9 Å². The van der Waals surface area contributed by atoms with Gasteiger partial charge in [-0.25, -0.2) is 0 Å². The van der Waals surface area contributed by atoms with E-state index in [4.69, 9.17) is 5.73 Å². The lowest BCUT2D eigenvalue weighted by Crippen LogP contribution is -2.43. The van der Waals surface area contributed by atoms with Gasteiger partial charge in [0.1, 0.15) is 11.7 Å². The van der Waals surface area contributed by atoms with Crippen molar-refractivity contribution in [2.45, 2.75) is 59.0 Å². The van der Waals surface area contributed by atoms with Crippen LogP contribution in [0.3, 0.4) is 0 Å². The number of aromatic nitrogens is 1. The smallest absolute Gasteiger partial charge is 0.275 e. The molecule has 0 saturated heterocycles. The average Bonchev–Trinajstić information content (AvgIpc) is 2.77. The quantitative estimate of drug-likeness (QED) is 0.466. The van der Waals surface area contributed by atoms with Crippen molar-refractivity contribution >= 4 is 23.4 Å². The molecule has 4 N–H and O–H groups in total. The van der Waals surface area contributed by atoms with Gasteiger partial charge in [0.15, 0.2) is 0 Å². The highest BCUT2D eigenvalue weighted by Crippen LogP contribution is 2.18. The summed E-state index contributed by atoms with van der Waals surface area (Å²) in [5.74, 6) is -1.13. The minimum absolute atomic E-state index is 0.104. The molecule has 0 aliphatic heterocycles. The third-order valence-electron chi connectivity index (χ3n) is 5.27. The second-order valence-corrected chi connectivity index (χ2v) is 9.19. The summed E-state index contributed by atoms with van der Waals surface area (Å²) in [5.41, 5.74) is 5.09. The lowest BCUT2D eigenvalue weighted by Gasteiger charge is -2.24. The lowest BCUT2D eigenvalue weighted by molar-refractivity contribution is -0.125. The molecule has 0 fully saturated rings. The summed E-state index contributed by atoms with van der Waals surface area (Å²) in [4.78, 5) is 50.4. The van der Waals surface area contributed by atoms with E-state index < -0.39 is 29.0 Å². The van der Waals surface area contributed by atoms with Gasteiger partial charge in [0, 0.05) is 30.5 Å². The second kappa shape index (κ2) is 12.0. The molecule has 0 aliphatic carbocycles. The zero-order valence-corrected chi connectivity index (χ0v) is 20.2. The van der Waals surface area contributed by atoms with Crippen LogP contribution in [0.5, 0.6) is 0 Å². The number of nitrogens with zero attached hydrogens (tertiary/aromatic N) is 1. The summed E-state index contributed by atoms with van der Waals surface area (Å²) < 4.78 is 1.33. The first-order chi connectivity index (χ1) is 16.0. The van der Waals surface area contributed by atoms with Crippen molar-refractivity contribution < 1.29 is 14.4 Å². The Balaban J connectivity index is 2.42. The number of anilines is 1. The number of carbonyl (C=O) groups excluding carboxylic acids is 3. The fourth-order valence-corrected chi connectivity index (χ4v) is 3.34. The molecule has 0 aliphatic rings. The number of rotatable bonds is 10. The Hall–Kier alpha value is -3.68. The van der Waals surface area contributed by atoms with E-state index in [1.165, 1.54) is 16.8 Å². The maximum atomic E-state index is 13.4. The highest BCUT2D eigenvalue weighted by molar-refractivity contribution is 5.94. The SMILES string of the molecule is C/C=C/[C@H](CCC(N)=O)NC(=O)[C@H](Cc1ccccc1)n1cccc(NC(=O)C(C)(C)C)c1=O. The van der Waals surface area contributed by atoms with Gasteiger partial charge in [-0.05, 0) is 31.0 Å². The monoisotopic (exact) mass is 466 g/mol. The maximum Gasteiger partial charge on any atom is 0.275 e. The Morgan fingerprint density at radius 3 is 2.35 bits per heavy atom. The van der Waals surface area contributed by atoms with Crippen molar-refractivity contribution in [1.82, 2.24) is 9.88 Å². The third kappa shape index (κ3) is 7.72. The first-order valence-electron chi connectivity index (χ1n) is 11.3. The fourth-order valence-electron chi connectivity index (χ4n) is 3.34. The number of carbonyl (C=O) groups is 3. The van der Waals surface area contributed by atoms with Crippen molar-refractivity contribution in [3.63, 3.8) is 0 Å². The highest BCUT2D eigenvalue weighted by Gasteiger charge is 2.26. The zero-order valence-electron chi connectivity index (χ0n) is 20.2. The highest BCUT2D eigenvalue weighted by atomic mass is 16.2. The van der Waals surface area contributed by atoms with E-state index in [1.54, 1.807) is 39.0 Å². The summed E-state index contributed by atoms with van der Waals surface area (Å²) in [7, 11) is 0. The molecule has 182 valence electrons. The van der Waals surface area contributed by atoms with Crippen molar-refractivity contribution in [3.05, 3.63) is 76.7 Å². The van der Waals surface area contributed by atoms with E-state index >= 15 is 0 Å². The van der Waals surface area contributed by atoms with Crippen LogP contribution in [-0.2, 0) is 20.8 Å². The van der Waals surface area contributed by atoms with Crippen LogP contribution < -0.4 is 21.9 Å². The van der Waals surface area contributed by atoms with Crippen LogP contribution in [0.25, 0.3) is 0 Å². The van der Waals surface area contributed by atoms with Crippen LogP contribution >= 0.6 is 0 Å². The predicted molar refractivity (Wildman–Crippen MR) is 133 cm³/mol. The molecule has 0 spiro atoms. The Bertz CT molecular complexity index is 1080. The number of benzene rings is 1. The van der Waals surface area contributed by atoms with Crippen molar-refractivity contribution in [2.24, 2.45) is 11.1 Å². The molecule has 34 heavy (non-hydrogen) atoms. The minimum atomic E-state index is -0.872. The summed E-state index contributed by atoms with van der Waals surface area (Å²) in [5, 5.41) is 5.60. The standard InChI is InChI=1S/C26H34N4O4/c1-5-10-19(14-15-22(27)31)28-23(32)21(17-18-11-7-6-8-12-18)30-16-9-13-20(24(30)33)29-25(34)26(2,3)4/h5-13,16,19,21H,14-15,17H2,1-4H3,(H2,27,31)(H,28,32)(H,29,34)/b10-5+/t19-,21+/m1/s1. The molecule has 1 heterocycles. The van der Waals surface area contributed by atoms with Gasteiger partial charge in [-0.2, -0.15) is 0 Å². The van der Waals surface area contributed by atoms with Gasteiger partial charge in [-0.3, -0.25) is 19.2 Å². The molecule has 2 rings (SSSR count). The molecule has 8 nitrogen and oxygen atoms in total. The minimum Gasteiger partial charge on any atom is -0.370 e. The summed E-state index contributed by atoms with van der Waals surface area (Å²) >= 11 is 0. The number of allylic oxidation sites excluding steroid dienone is 1. The van der Waals surface area contributed by atoms with Crippen molar-refractivity contribution in [2.75, 3.05) is 5.32 Å². The molecule has 2 aromatic rings. The maximum absolute atomic E-state index is 13.4. The van der Waals surface area contributed by atoms with Gasteiger partial charge in [0.25, 0.3) is 5.56 Å². The van der Waals surface area contributed by atoms with Crippen LogP contribution in [0.1, 0.15) is 52.1 Å². The van der Waals surface area contributed by atoms with Gasteiger partial charge in [-0.15, -0.1) is 0 Å². The molecule has 0 unspecified atom stereocenters. The number of nitrogens with two attached hydrogens (primary N) is 1. The van der Waals surface area contributed by atoms with Crippen molar-refractivity contribution in [1.29, 1.82) is 0 Å². The zero-order chi connectivity index (χ0) is 25.3. The number of hydrogen-bond donors (Lipinski definition) is 3. The topological polar surface area (TPSA) is 123 Å². The van der Waals surface area contributed by atoms with Crippen LogP contribution in [0.4, 0.5) is 5.69 Å². The Morgan fingerprint density at radius 2 is 1.76 bits per heavy atom. The van der Waals surface area contributed by atoms with E-state index in [-0.39, 0.29) is 30.3 Å². The third-order valence-corrected chi connectivity index (χ3v) is 5.27. The van der Waals surface area contributed by atoms with Gasteiger partial charge in [-0.1, -0.05) is 63.3 Å². The molecular weight excluding hydrogens is 432 g/mol. The first kappa shape index (κ1) is 26.6. The molecule has 3 amide bonds. The molecule has 1 aromatic carbocycles. The number of pyridine rings is 1. The molecule has 1 aromatic heterocycles.